The van der Waals surface area contributed by atoms with Gasteiger partial charge in [0.15, 0.2) is 0 Å². The Kier molecular flexibility index (Phi) is 3.14. The van der Waals surface area contributed by atoms with Gasteiger partial charge in [-0.25, -0.2) is 0 Å². The molecule has 1 saturated heterocycles. The minimum atomic E-state index is 0.179. The van der Waals surface area contributed by atoms with Crippen LogP contribution >= 0.6 is 0 Å². The van der Waals surface area contributed by atoms with E-state index in [0.29, 0.717) is 5.92 Å². The Bertz CT molecular complexity index is 250. The van der Waals surface area contributed by atoms with Crippen LogP contribution in [0.5, 0.6) is 0 Å². The molecule has 2 rings (SSSR count). The van der Waals surface area contributed by atoms with E-state index in [4.69, 9.17) is 10.5 Å². The summed E-state index contributed by atoms with van der Waals surface area (Å²) in [5.74, 6) is 0.636. The number of nitrogens with zero attached hydrogens (tertiary/aromatic N) is 1. The van der Waals surface area contributed by atoms with Gasteiger partial charge >= 0.3 is 0 Å². The number of hydrogen-bond acceptors (Lipinski definition) is 3. The lowest BCUT2D eigenvalue weighted by Crippen LogP contribution is -2.54. The first-order chi connectivity index (χ1) is 7.08. The van der Waals surface area contributed by atoms with E-state index in [2.05, 4.69) is 30.9 Å². The van der Waals surface area contributed by atoms with Crippen molar-refractivity contribution in [2.75, 3.05) is 26.3 Å². The molecule has 0 amide bonds. The Hall–Kier alpha value is -0.380. The van der Waals surface area contributed by atoms with E-state index in [1.165, 1.54) is 0 Å². The Labute approximate surface area is 92.3 Å². The molecule has 3 heteroatoms. The van der Waals surface area contributed by atoms with E-state index >= 15 is 0 Å². The number of hydrogen-bond donors (Lipinski definition) is 1. The maximum Gasteiger partial charge on any atom is 0.0645 e. The van der Waals surface area contributed by atoms with Gasteiger partial charge in [-0.05, 0) is 26.2 Å². The molecule has 2 unspecified atom stereocenters. The van der Waals surface area contributed by atoms with Gasteiger partial charge in [-0.1, -0.05) is 12.2 Å². The number of rotatable bonds is 2. The first-order valence-corrected chi connectivity index (χ1v) is 5.85. The molecular formula is C12H22N2O. The molecular weight excluding hydrogens is 188 g/mol. The molecule has 0 aromatic carbocycles. The van der Waals surface area contributed by atoms with Gasteiger partial charge in [-0.2, -0.15) is 0 Å². The molecule has 0 saturated carbocycles. The summed E-state index contributed by atoms with van der Waals surface area (Å²) in [5.41, 5.74) is 6.05. The Morgan fingerprint density at radius 3 is 2.87 bits per heavy atom. The van der Waals surface area contributed by atoms with Crippen LogP contribution in [0, 0.1) is 5.92 Å². The zero-order chi connectivity index (χ0) is 10.9. The lowest BCUT2D eigenvalue weighted by Gasteiger charge is -2.43. The van der Waals surface area contributed by atoms with Crippen LogP contribution < -0.4 is 5.73 Å². The molecule has 3 nitrogen and oxygen atoms in total. The van der Waals surface area contributed by atoms with E-state index in [0.717, 1.165) is 32.7 Å². The van der Waals surface area contributed by atoms with Gasteiger partial charge in [0.25, 0.3) is 0 Å². The van der Waals surface area contributed by atoms with Crippen LogP contribution in [0.15, 0.2) is 12.2 Å². The smallest absolute Gasteiger partial charge is 0.0645 e. The third-order valence-corrected chi connectivity index (χ3v) is 3.48. The van der Waals surface area contributed by atoms with Crippen molar-refractivity contribution in [2.24, 2.45) is 11.7 Å². The van der Waals surface area contributed by atoms with Crippen molar-refractivity contribution in [3.8, 4) is 0 Å². The summed E-state index contributed by atoms with van der Waals surface area (Å²) in [5, 5.41) is 0. The fraction of sp³-hybridized carbons (Fsp3) is 0.833. The van der Waals surface area contributed by atoms with E-state index in [1.807, 2.05) is 0 Å². The molecule has 1 aliphatic carbocycles. The second-order valence-electron chi connectivity index (χ2n) is 5.36. The van der Waals surface area contributed by atoms with E-state index in [9.17, 15) is 0 Å². The lowest BCUT2D eigenvalue weighted by atomic mass is 9.99. The van der Waals surface area contributed by atoms with Crippen molar-refractivity contribution in [1.29, 1.82) is 0 Å². The maximum atomic E-state index is 5.87. The summed E-state index contributed by atoms with van der Waals surface area (Å²) in [7, 11) is 0. The van der Waals surface area contributed by atoms with Gasteiger partial charge < -0.3 is 10.5 Å². The number of ether oxygens (including phenoxy) is 1. The first-order valence-electron chi connectivity index (χ1n) is 5.85. The quantitative estimate of drug-likeness (QED) is 0.691. The molecule has 0 aromatic heterocycles. The van der Waals surface area contributed by atoms with Crippen LogP contribution in [-0.2, 0) is 4.74 Å². The van der Waals surface area contributed by atoms with E-state index < -0.39 is 0 Å². The largest absolute Gasteiger partial charge is 0.378 e. The van der Waals surface area contributed by atoms with Gasteiger partial charge in [0.2, 0.25) is 0 Å². The van der Waals surface area contributed by atoms with Gasteiger partial charge in [0.05, 0.1) is 13.2 Å². The normalized spacial score (nSPS) is 35.9. The molecule has 2 aliphatic rings. The molecule has 2 N–H and O–H groups in total. The molecule has 2 atom stereocenters. The summed E-state index contributed by atoms with van der Waals surface area (Å²) < 4.78 is 5.52. The monoisotopic (exact) mass is 210 g/mol. The third-order valence-electron chi connectivity index (χ3n) is 3.48. The summed E-state index contributed by atoms with van der Waals surface area (Å²) in [6.45, 7) is 8.39. The highest BCUT2D eigenvalue weighted by atomic mass is 16.5. The molecule has 1 heterocycles. The highest BCUT2D eigenvalue weighted by Crippen LogP contribution is 2.24. The molecule has 86 valence electrons. The zero-order valence-electron chi connectivity index (χ0n) is 9.78. The second-order valence-corrected chi connectivity index (χ2v) is 5.36. The van der Waals surface area contributed by atoms with Crippen molar-refractivity contribution in [3.63, 3.8) is 0 Å². The average Bonchev–Trinajstić information content (AvgIpc) is 2.55. The predicted octanol–water partition coefficient (Wildman–Crippen LogP) is 1.00. The highest BCUT2D eigenvalue weighted by Gasteiger charge is 2.32. The standard InChI is InChI=1S/C12H22N2O/c1-12(2)9-15-6-5-14(12)8-10-3-4-11(13)7-10/h3-4,10-11H,5-9,13H2,1-2H3. The lowest BCUT2D eigenvalue weighted by molar-refractivity contribution is -0.0549. The molecule has 0 radical (unpaired) electrons. The fourth-order valence-electron chi connectivity index (χ4n) is 2.45. The molecule has 0 spiro atoms. The van der Waals surface area contributed by atoms with Crippen LogP contribution in [0.3, 0.4) is 0 Å². The minimum absolute atomic E-state index is 0.179. The van der Waals surface area contributed by atoms with Gasteiger partial charge in [0.1, 0.15) is 0 Å². The molecule has 0 bridgehead atoms. The van der Waals surface area contributed by atoms with Crippen molar-refractivity contribution >= 4 is 0 Å². The maximum absolute atomic E-state index is 5.87. The minimum Gasteiger partial charge on any atom is -0.378 e. The first kappa shape index (κ1) is 11.1. The summed E-state index contributed by atoms with van der Waals surface area (Å²) in [6.07, 6.45) is 5.52. The summed E-state index contributed by atoms with van der Waals surface area (Å²) in [6, 6.07) is 0.277. The third kappa shape index (κ3) is 2.60. The Balaban J connectivity index is 1.90. The summed E-state index contributed by atoms with van der Waals surface area (Å²) >= 11 is 0. The van der Waals surface area contributed by atoms with Crippen LogP contribution in [0.4, 0.5) is 0 Å². The molecule has 15 heavy (non-hydrogen) atoms. The Morgan fingerprint density at radius 2 is 2.27 bits per heavy atom. The van der Waals surface area contributed by atoms with E-state index in [1.54, 1.807) is 0 Å². The predicted molar refractivity (Wildman–Crippen MR) is 61.7 cm³/mol. The SMILES string of the molecule is CC1(C)COCCN1CC1C=CC(N)C1. The van der Waals surface area contributed by atoms with Gasteiger partial charge in [0, 0.05) is 24.7 Å². The van der Waals surface area contributed by atoms with Gasteiger partial charge in [-0.15, -0.1) is 0 Å². The topological polar surface area (TPSA) is 38.5 Å². The van der Waals surface area contributed by atoms with Crippen LogP contribution in [0.1, 0.15) is 20.3 Å². The zero-order valence-corrected chi connectivity index (χ0v) is 9.78. The fourth-order valence-corrected chi connectivity index (χ4v) is 2.45. The Morgan fingerprint density at radius 1 is 1.47 bits per heavy atom. The van der Waals surface area contributed by atoms with Crippen LogP contribution in [0.2, 0.25) is 0 Å². The van der Waals surface area contributed by atoms with Crippen molar-refractivity contribution in [2.45, 2.75) is 31.8 Å². The average molecular weight is 210 g/mol. The van der Waals surface area contributed by atoms with Crippen molar-refractivity contribution in [3.05, 3.63) is 12.2 Å². The van der Waals surface area contributed by atoms with Crippen LogP contribution in [-0.4, -0.2) is 42.8 Å². The second kappa shape index (κ2) is 4.24. The number of morpholine rings is 1. The number of nitrogens with two attached hydrogens (primary N) is 1. The van der Waals surface area contributed by atoms with E-state index in [-0.39, 0.29) is 11.6 Å². The molecule has 0 aromatic rings. The molecule has 1 fully saturated rings. The van der Waals surface area contributed by atoms with Crippen molar-refractivity contribution in [1.82, 2.24) is 4.90 Å². The summed E-state index contributed by atoms with van der Waals surface area (Å²) in [4.78, 5) is 2.53. The van der Waals surface area contributed by atoms with Crippen molar-refractivity contribution < 1.29 is 4.74 Å². The van der Waals surface area contributed by atoms with Gasteiger partial charge in [-0.3, -0.25) is 4.90 Å². The molecule has 1 aliphatic heterocycles. The highest BCUT2D eigenvalue weighted by molar-refractivity contribution is 5.06. The van der Waals surface area contributed by atoms with Crippen LogP contribution in [0.25, 0.3) is 0 Å².